The Morgan fingerprint density at radius 2 is 1.38 bits per heavy atom. The average molecular weight is 183 g/mol. The van der Waals surface area contributed by atoms with E-state index >= 15 is 0 Å². The number of nitrogens with two attached hydrogens (primary N) is 1. The standard InChI is InChI=1S/C12H25N/c1-10(2,3)12(11(4,5)6)8-7-9(12)13/h9H,7-8,13H2,1-6H3/t9-/m1/s1. The maximum Gasteiger partial charge on any atom is 0.0106 e. The summed E-state index contributed by atoms with van der Waals surface area (Å²) in [6.07, 6.45) is 2.50. The van der Waals surface area contributed by atoms with Gasteiger partial charge in [0.15, 0.2) is 0 Å². The van der Waals surface area contributed by atoms with Gasteiger partial charge in [0.1, 0.15) is 0 Å². The highest BCUT2D eigenvalue weighted by Crippen LogP contribution is 2.62. The van der Waals surface area contributed by atoms with Crippen molar-refractivity contribution < 1.29 is 0 Å². The molecular weight excluding hydrogens is 158 g/mol. The van der Waals surface area contributed by atoms with Crippen LogP contribution < -0.4 is 5.73 Å². The summed E-state index contributed by atoms with van der Waals surface area (Å²) in [6.45, 7) is 14.0. The molecule has 0 saturated heterocycles. The van der Waals surface area contributed by atoms with Gasteiger partial charge in [-0.2, -0.15) is 0 Å². The molecule has 13 heavy (non-hydrogen) atoms. The van der Waals surface area contributed by atoms with Crippen LogP contribution in [0.1, 0.15) is 54.4 Å². The van der Waals surface area contributed by atoms with E-state index in [1.807, 2.05) is 0 Å². The molecule has 1 rings (SSSR count). The number of hydrogen-bond donors (Lipinski definition) is 1. The summed E-state index contributed by atoms with van der Waals surface area (Å²) in [6, 6.07) is 0.396. The fourth-order valence-electron chi connectivity index (χ4n) is 3.59. The van der Waals surface area contributed by atoms with Crippen molar-refractivity contribution in [2.24, 2.45) is 22.0 Å². The van der Waals surface area contributed by atoms with Crippen molar-refractivity contribution in [3.63, 3.8) is 0 Å². The molecule has 78 valence electrons. The molecule has 0 bridgehead atoms. The Kier molecular flexibility index (Phi) is 2.31. The van der Waals surface area contributed by atoms with Crippen LogP contribution in [-0.4, -0.2) is 6.04 Å². The Bertz CT molecular complexity index is 178. The van der Waals surface area contributed by atoms with Gasteiger partial charge in [-0.15, -0.1) is 0 Å². The third kappa shape index (κ3) is 1.32. The van der Waals surface area contributed by atoms with E-state index in [1.54, 1.807) is 0 Å². The van der Waals surface area contributed by atoms with Crippen molar-refractivity contribution in [1.82, 2.24) is 0 Å². The summed E-state index contributed by atoms with van der Waals surface area (Å²) in [5.41, 5.74) is 7.21. The van der Waals surface area contributed by atoms with Crippen LogP contribution in [0.5, 0.6) is 0 Å². The van der Waals surface area contributed by atoms with Crippen LogP contribution in [0.3, 0.4) is 0 Å². The van der Waals surface area contributed by atoms with Crippen LogP contribution in [0.2, 0.25) is 0 Å². The third-order valence-electron chi connectivity index (χ3n) is 4.16. The summed E-state index contributed by atoms with van der Waals surface area (Å²) in [7, 11) is 0. The van der Waals surface area contributed by atoms with Gasteiger partial charge >= 0.3 is 0 Å². The summed E-state index contributed by atoms with van der Waals surface area (Å²) in [5, 5.41) is 0. The second-order valence-electron chi connectivity index (χ2n) is 6.62. The number of hydrogen-bond acceptors (Lipinski definition) is 1. The van der Waals surface area contributed by atoms with E-state index in [0.29, 0.717) is 22.3 Å². The minimum Gasteiger partial charge on any atom is -0.327 e. The van der Waals surface area contributed by atoms with E-state index in [9.17, 15) is 0 Å². The Labute approximate surface area is 83.1 Å². The predicted octanol–water partition coefficient (Wildman–Crippen LogP) is 3.19. The first-order valence-corrected chi connectivity index (χ1v) is 5.38. The van der Waals surface area contributed by atoms with Crippen molar-refractivity contribution in [2.75, 3.05) is 0 Å². The van der Waals surface area contributed by atoms with Gasteiger partial charge in [0.25, 0.3) is 0 Å². The Hall–Kier alpha value is -0.0400. The van der Waals surface area contributed by atoms with Gasteiger partial charge < -0.3 is 5.73 Å². The molecule has 0 aliphatic heterocycles. The third-order valence-corrected chi connectivity index (χ3v) is 4.16. The van der Waals surface area contributed by atoms with Crippen molar-refractivity contribution in [1.29, 1.82) is 0 Å². The Morgan fingerprint density at radius 3 is 1.38 bits per heavy atom. The molecule has 2 N–H and O–H groups in total. The van der Waals surface area contributed by atoms with Gasteiger partial charge in [-0.05, 0) is 29.1 Å². The zero-order chi connectivity index (χ0) is 10.5. The highest BCUT2D eigenvalue weighted by molar-refractivity contribution is 5.10. The molecule has 1 heteroatoms. The van der Waals surface area contributed by atoms with E-state index < -0.39 is 0 Å². The SMILES string of the molecule is CC(C)(C)C1(C(C)(C)C)CC[C@H]1N. The lowest BCUT2D eigenvalue weighted by Gasteiger charge is -2.63. The molecule has 0 spiro atoms. The second kappa shape index (κ2) is 2.73. The molecule has 0 heterocycles. The zero-order valence-corrected chi connectivity index (χ0v) is 10.1. The summed E-state index contributed by atoms with van der Waals surface area (Å²) >= 11 is 0. The molecule has 0 aromatic carbocycles. The van der Waals surface area contributed by atoms with Gasteiger partial charge in [-0.25, -0.2) is 0 Å². The lowest BCUT2D eigenvalue weighted by atomic mass is 9.43. The minimum absolute atomic E-state index is 0.322. The topological polar surface area (TPSA) is 26.0 Å². The lowest BCUT2D eigenvalue weighted by molar-refractivity contribution is -0.119. The zero-order valence-electron chi connectivity index (χ0n) is 10.1. The minimum atomic E-state index is 0.322. The van der Waals surface area contributed by atoms with Gasteiger partial charge in [0.05, 0.1) is 0 Å². The van der Waals surface area contributed by atoms with E-state index in [0.717, 1.165) is 0 Å². The molecule has 0 amide bonds. The van der Waals surface area contributed by atoms with Crippen LogP contribution in [0.25, 0.3) is 0 Å². The molecule has 1 fully saturated rings. The maximum absolute atomic E-state index is 6.23. The first kappa shape index (κ1) is 11.0. The average Bonchev–Trinajstić information content (AvgIpc) is 1.77. The molecule has 0 aromatic rings. The Balaban J connectivity index is 3.04. The molecule has 0 aromatic heterocycles. The lowest BCUT2D eigenvalue weighted by Crippen LogP contribution is -2.64. The molecule has 1 nitrogen and oxygen atoms in total. The fraction of sp³-hybridized carbons (Fsp3) is 1.00. The van der Waals surface area contributed by atoms with E-state index in [4.69, 9.17) is 5.73 Å². The summed E-state index contributed by atoms with van der Waals surface area (Å²) < 4.78 is 0. The first-order valence-electron chi connectivity index (χ1n) is 5.38. The summed E-state index contributed by atoms with van der Waals surface area (Å²) in [4.78, 5) is 0. The van der Waals surface area contributed by atoms with Crippen molar-refractivity contribution in [2.45, 2.75) is 60.4 Å². The smallest absolute Gasteiger partial charge is 0.0106 e. The van der Waals surface area contributed by atoms with Gasteiger partial charge in [0, 0.05) is 6.04 Å². The molecule has 0 radical (unpaired) electrons. The van der Waals surface area contributed by atoms with Gasteiger partial charge in [-0.1, -0.05) is 41.5 Å². The highest BCUT2D eigenvalue weighted by atomic mass is 14.8. The molecule has 1 aliphatic rings. The van der Waals surface area contributed by atoms with E-state index in [2.05, 4.69) is 41.5 Å². The Morgan fingerprint density at radius 1 is 1.00 bits per heavy atom. The van der Waals surface area contributed by atoms with Crippen LogP contribution >= 0.6 is 0 Å². The van der Waals surface area contributed by atoms with Crippen LogP contribution in [-0.2, 0) is 0 Å². The van der Waals surface area contributed by atoms with Crippen LogP contribution in [0, 0.1) is 16.2 Å². The van der Waals surface area contributed by atoms with Gasteiger partial charge in [-0.3, -0.25) is 0 Å². The van der Waals surface area contributed by atoms with Crippen molar-refractivity contribution >= 4 is 0 Å². The normalized spacial score (nSPS) is 28.4. The molecule has 1 atom stereocenters. The van der Waals surface area contributed by atoms with Crippen molar-refractivity contribution in [3.05, 3.63) is 0 Å². The molecule has 1 aliphatic carbocycles. The van der Waals surface area contributed by atoms with Crippen molar-refractivity contribution in [3.8, 4) is 0 Å². The largest absolute Gasteiger partial charge is 0.327 e. The quantitative estimate of drug-likeness (QED) is 0.613. The molecular formula is C12H25N. The van der Waals surface area contributed by atoms with E-state index in [1.165, 1.54) is 12.8 Å². The second-order valence-corrected chi connectivity index (χ2v) is 6.62. The molecule has 0 unspecified atom stereocenters. The maximum atomic E-state index is 6.23. The van der Waals surface area contributed by atoms with E-state index in [-0.39, 0.29) is 0 Å². The highest BCUT2D eigenvalue weighted by Gasteiger charge is 2.58. The van der Waals surface area contributed by atoms with Gasteiger partial charge in [0.2, 0.25) is 0 Å². The predicted molar refractivity (Wildman–Crippen MR) is 58.6 cm³/mol. The summed E-state index contributed by atoms with van der Waals surface area (Å²) in [5.74, 6) is 0. The monoisotopic (exact) mass is 183 g/mol. The number of rotatable bonds is 0. The molecule has 1 saturated carbocycles. The fourth-order valence-corrected chi connectivity index (χ4v) is 3.59. The van der Waals surface area contributed by atoms with Crippen LogP contribution in [0.15, 0.2) is 0 Å². The van der Waals surface area contributed by atoms with Crippen LogP contribution in [0.4, 0.5) is 0 Å². The first-order chi connectivity index (χ1) is 5.63.